The van der Waals surface area contributed by atoms with Gasteiger partial charge in [-0.05, 0) is 82.5 Å². The number of hydrogen-bond acceptors (Lipinski definition) is 6. The van der Waals surface area contributed by atoms with Crippen LogP contribution in [0.5, 0.6) is 0 Å². The van der Waals surface area contributed by atoms with E-state index < -0.39 is 12.1 Å². The summed E-state index contributed by atoms with van der Waals surface area (Å²) < 4.78 is 24.9. The summed E-state index contributed by atoms with van der Waals surface area (Å²) in [7, 11) is 0. The van der Waals surface area contributed by atoms with Gasteiger partial charge in [-0.3, -0.25) is 4.79 Å². The van der Waals surface area contributed by atoms with Gasteiger partial charge < -0.3 is 29.2 Å². The summed E-state index contributed by atoms with van der Waals surface area (Å²) in [5, 5.41) is 20.0. The van der Waals surface area contributed by atoms with Gasteiger partial charge in [0.15, 0.2) is 12.6 Å². The van der Waals surface area contributed by atoms with E-state index >= 15 is 0 Å². The molecule has 216 valence electrons. The van der Waals surface area contributed by atoms with Crippen molar-refractivity contribution in [1.29, 1.82) is 0 Å². The molecule has 0 aromatic rings. The molecular formula is C31H50O7. The molecular weight excluding hydrogens is 484 g/mol. The first kappa shape index (κ1) is 29.7. The van der Waals surface area contributed by atoms with Crippen molar-refractivity contribution in [3.05, 3.63) is 24.3 Å². The van der Waals surface area contributed by atoms with Gasteiger partial charge in [-0.1, -0.05) is 43.6 Å². The molecule has 0 radical (unpaired) electrons. The van der Waals surface area contributed by atoms with E-state index in [4.69, 9.17) is 24.1 Å². The fourth-order valence-electron chi connectivity index (χ4n) is 6.59. The van der Waals surface area contributed by atoms with E-state index in [9.17, 15) is 9.90 Å². The van der Waals surface area contributed by atoms with Gasteiger partial charge in [-0.15, -0.1) is 0 Å². The number of rotatable bonds is 13. The fourth-order valence-corrected chi connectivity index (χ4v) is 6.59. The maximum atomic E-state index is 11.1. The SMILES string of the molecule is O=C(O)CCC/C=C\C[C@@H]1[C@@H](/C=C/[C@@H](OC2CCCCO2)C2CCCCC2)[C@H](OC2CCCCO2)C[C@@H]1O. The Morgan fingerprint density at radius 2 is 1.63 bits per heavy atom. The Hall–Kier alpha value is -1.25. The van der Waals surface area contributed by atoms with Crippen molar-refractivity contribution in [3.63, 3.8) is 0 Å². The zero-order chi connectivity index (χ0) is 26.6. The standard InChI is InChI=1S/C31H50O7/c32-26-22-28(38-31-17-9-11-21-36-31)25(24(26)14-6-1-2-7-15-29(33)34)18-19-27(23-12-4-3-5-13-23)37-30-16-8-10-20-35-30/h1,6,18-19,23-28,30-32H,2-5,7-17,20-22H2,(H,33,34)/b6-1-,19-18+/t24-,25-,26+,27-,28-,30?,31?/m1/s1. The molecule has 2 unspecified atom stereocenters. The molecule has 7 nitrogen and oxygen atoms in total. The first-order valence-electron chi connectivity index (χ1n) is 15.4. The number of unbranched alkanes of at least 4 members (excludes halogenated alkanes) is 1. The maximum absolute atomic E-state index is 11.1. The summed E-state index contributed by atoms with van der Waals surface area (Å²) in [6.45, 7) is 1.51. The maximum Gasteiger partial charge on any atom is 0.303 e. The lowest BCUT2D eigenvalue weighted by molar-refractivity contribution is -0.193. The number of carboxylic acids is 1. The van der Waals surface area contributed by atoms with Crippen LogP contribution in [-0.2, 0) is 23.7 Å². The molecule has 0 bridgehead atoms. The number of aliphatic hydroxyl groups is 1. The molecule has 2 heterocycles. The molecule has 38 heavy (non-hydrogen) atoms. The third-order valence-electron chi connectivity index (χ3n) is 8.78. The second-order valence-corrected chi connectivity index (χ2v) is 11.7. The Kier molecular flexibility index (Phi) is 12.6. The third-order valence-corrected chi connectivity index (χ3v) is 8.78. The molecule has 7 atom stereocenters. The van der Waals surface area contributed by atoms with Crippen LogP contribution in [-0.4, -0.2) is 60.3 Å². The van der Waals surface area contributed by atoms with Gasteiger partial charge in [-0.25, -0.2) is 0 Å². The van der Waals surface area contributed by atoms with Crippen LogP contribution in [0, 0.1) is 17.8 Å². The van der Waals surface area contributed by atoms with Gasteiger partial charge in [0.1, 0.15) is 0 Å². The summed E-state index contributed by atoms with van der Waals surface area (Å²) in [5.41, 5.74) is 0. The highest BCUT2D eigenvalue weighted by atomic mass is 16.7. The summed E-state index contributed by atoms with van der Waals surface area (Å²) in [4.78, 5) is 10.8. The predicted octanol–water partition coefficient (Wildman–Crippen LogP) is 6.14. The first-order valence-corrected chi connectivity index (χ1v) is 15.4. The molecule has 0 aromatic carbocycles. The average molecular weight is 535 g/mol. The molecule has 4 fully saturated rings. The number of allylic oxidation sites excluding steroid dienone is 2. The van der Waals surface area contributed by atoms with E-state index in [0.717, 1.165) is 64.6 Å². The number of ether oxygens (including phenoxy) is 4. The largest absolute Gasteiger partial charge is 0.481 e. The summed E-state index contributed by atoms with van der Waals surface area (Å²) in [5.74, 6) is -0.131. The molecule has 2 saturated carbocycles. The van der Waals surface area contributed by atoms with E-state index in [2.05, 4.69) is 24.3 Å². The Morgan fingerprint density at radius 1 is 0.921 bits per heavy atom. The van der Waals surface area contributed by atoms with Crippen LogP contribution in [0.3, 0.4) is 0 Å². The lowest BCUT2D eigenvalue weighted by atomic mass is 9.83. The van der Waals surface area contributed by atoms with Crippen LogP contribution in [0.1, 0.15) is 103 Å². The Labute approximate surface area is 228 Å². The molecule has 2 N–H and O–H groups in total. The lowest BCUT2D eigenvalue weighted by Gasteiger charge is -2.33. The van der Waals surface area contributed by atoms with Crippen LogP contribution in [0.15, 0.2) is 24.3 Å². The summed E-state index contributed by atoms with van der Waals surface area (Å²) in [6, 6.07) is 0. The molecule has 2 aliphatic heterocycles. The minimum absolute atomic E-state index is 0.0231. The minimum atomic E-state index is -0.756. The van der Waals surface area contributed by atoms with Crippen molar-refractivity contribution in [2.24, 2.45) is 17.8 Å². The normalized spacial score (nSPS) is 34.2. The number of carboxylic acid groups (broad SMARTS) is 1. The van der Waals surface area contributed by atoms with Crippen molar-refractivity contribution < 1.29 is 34.0 Å². The fraction of sp³-hybridized carbons (Fsp3) is 0.839. The molecule has 2 aliphatic carbocycles. The van der Waals surface area contributed by atoms with Crippen molar-refractivity contribution in [2.45, 2.75) is 134 Å². The highest BCUT2D eigenvalue weighted by molar-refractivity contribution is 5.66. The Balaban J connectivity index is 1.45. The summed E-state index contributed by atoms with van der Waals surface area (Å²) >= 11 is 0. The van der Waals surface area contributed by atoms with Crippen LogP contribution < -0.4 is 0 Å². The highest BCUT2D eigenvalue weighted by Gasteiger charge is 2.42. The van der Waals surface area contributed by atoms with Gasteiger partial charge in [-0.2, -0.15) is 0 Å². The molecule has 0 spiro atoms. The van der Waals surface area contributed by atoms with Gasteiger partial charge in [0.2, 0.25) is 0 Å². The van der Waals surface area contributed by atoms with E-state index in [1.54, 1.807) is 0 Å². The molecule has 0 aromatic heterocycles. The van der Waals surface area contributed by atoms with Crippen LogP contribution in [0.2, 0.25) is 0 Å². The van der Waals surface area contributed by atoms with Crippen molar-refractivity contribution in [1.82, 2.24) is 0 Å². The van der Waals surface area contributed by atoms with Crippen molar-refractivity contribution in [2.75, 3.05) is 13.2 Å². The van der Waals surface area contributed by atoms with Gasteiger partial charge in [0.05, 0.1) is 18.3 Å². The topological polar surface area (TPSA) is 94.5 Å². The molecule has 0 amide bonds. The zero-order valence-corrected chi connectivity index (χ0v) is 23.1. The molecule has 7 heteroatoms. The lowest BCUT2D eigenvalue weighted by Crippen LogP contribution is -2.33. The second kappa shape index (κ2) is 16.1. The van der Waals surface area contributed by atoms with Gasteiger partial charge in [0.25, 0.3) is 0 Å². The number of aliphatic carboxylic acids is 1. The Bertz CT molecular complexity index is 735. The first-order chi connectivity index (χ1) is 18.6. The summed E-state index contributed by atoms with van der Waals surface area (Å²) in [6.07, 6.45) is 23.3. The number of carbonyl (C=O) groups is 1. The van der Waals surface area contributed by atoms with E-state index in [0.29, 0.717) is 18.8 Å². The van der Waals surface area contributed by atoms with Crippen LogP contribution in [0.4, 0.5) is 0 Å². The van der Waals surface area contributed by atoms with E-state index in [-0.39, 0.29) is 43.0 Å². The second-order valence-electron chi connectivity index (χ2n) is 11.7. The van der Waals surface area contributed by atoms with Crippen LogP contribution in [0.25, 0.3) is 0 Å². The highest BCUT2D eigenvalue weighted by Crippen LogP contribution is 2.40. The van der Waals surface area contributed by atoms with E-state index in [1.165, 1.54) is 32.1 Å². The third kappa shape index (κ3) is 9.44. The van der Waals surface area contributed by atoms with Crippen molar-refractivity contribution in [3.8, 4) is 0 Å². The zero-order valence-electron chi connectivity index (χ0n) is 23.1. The van der Waals surface area contributed by atoms with Gasteiger partial charge >= 0.3 is 5.97 Å². The quantitative estimate of drug-likeness (QED) is 0.216. The van der Waals surface area contributed by atoms with Crippen LogP contribution >= 0.6 is 0 Å². The van der Waals surface area contributed by atoms with Gasteiger partial charge in [0, 0.05) is 32.0 Å². The Morgan fingerprint density at radius 3 is 2.32 bits per heavy atom. The minimum Gasteiger partial charge on any atom is -0.481 e. The van der Waals surface area contributed by atoms with Crippen molar-refractivity contribution >= 4 is 5.97 Å². The monoisotopic (exact) mass is 534 g/mol. The smallest absolute Gasteiger partial charge is 0.303 e. The van der Waals surface area contributed by atoms with E-state index in [1.807, 2.05) is 0 Å². The molecule has 2 saturated heterocycles. The predicted molar refractivity (Wildman–Crippen MR) is 145 cm³/mol. The number of hydrogen-bond donors (Lipinski definition) is 2. The average Bonchev–Trinajstić information content (AvgIpc) is 3.23. The number of aliphatic hydroxyl groups excluding tert-OH is 1. The molecule has 4 aliphatic rings. The molecule has 4 rings (SSSR count).